The van der Waals surface area contributed by atoms with Crippen molar-refractivity contribution < 1.29 is 23.1 Å². The van der Waals surface area contributed by atoms with Crippen molar-refractivity contribution in [1.82, 2.24) is 14.0 Å². The number of rotatable bonds is 1. The van der Waals surface area contributed by atoms with Crippen molar-refractivity contribution >= 4 is 23.2 Å². The van der Waals surface area contributed by atoms with Crippen LogP contribution >= 0.6 is 11.6 Å². The average molecular weight is 454 g/mol. The number of carboxylic acid groups (broad SMARTS) is 1. The van der Waals surface area contributed by atoms with Gasteiger partial charge in [0.15, 0.2) is 0 Å². The molecule has 164 valence electrons. The summed E-state index contributed by atoms with van der Waals surface area (Å²) in [4.78, 5) is 28.6. The van der Waals surface area contributed by atoms with Crippen molar-refractivity contribution in [1.29, 1.82) is 0 Å². The molecule has 6 nitrogen and oxygen atoms in total. The van der Waals surface area contributed by atoms with E-state index in [4.69, 9.17) is 11.6 Å². The van der Waals surface area contributed by atoms with Crippen molar-refractivity contribution in [3.63, 3.8) is 0 Å². The normalized spacial score (nSPS) is 16.3. The summed E-state index contributed by atoms with van der Waals surface area (Å²) in [6.07, 6.45) is -2.99. The lowest BCUT2D eigenvalue weighted by atomic mass is 9.70. The highest BCUT2D eigenvalue weighted by atomic mass is 35.5. The van der Waals surface area contributed by atoms with Crippen LogP contribution in [0, 0.1) is 5.41 Å². The molecule has 0 bridgehead atoms. The average Bonchev–Trinajstić information content (AvgIpc) is 2.99. The fraction of sp³-hybridized carbons (Fsp3) is 0.381. The Balaban J connectivity index is 2.17. The molecule has 0 aliphatic heterocycles. The van der Waals surface area contributed by atoms with Crippen LogP contribution in [0.1, 0.15) is 53.9 Å². The van der Waals surface area contributed by atoms with Crippen molar-refractivity contribution in [2.24, 2.45) is 12.5 Å². The number of hydrogen-bond donors (Lipinski definition) is 1. The van der Waals surface area contributed by atoms with Crippen LogP contribution in [0.4, 0.5) is 13.2 Å². The molecule has 0 spiro atoms. The summed E-state index contributed by atoms with van der Waals surface area (Å²) in [7, 11) is 1.41. The van der Waals surface area contributed by atoms with E-state index in [0.29, 0.717) is 23.4 Å². The minimum atomic E-state index is -4.68. The van der Waals surface area contributed by atoms with E-state index in [9.17, 15) is 27.9 Å². The number of imidazole rings is 1. The van der Waals surface area contributed by atoms with Gasteiger partial charge in [0.05, 0.1) is 16.4 Å². The Morgan fingerprint density at radius 2 is 1.90 bits per heavy atom. The summed E-state index contributed by atoms with van der Waals surface area (Å²) >= 11 is 6.00. The van der Waals surface area contributed by atoms with Gasteiger partial charge in [-0.05, 0) is 35.4 Å². The molecule has 0 amide bonds. The van der Waals surface area contributed by atoms with Gasteiger partial charge in [0.2, 0.25) is 0 Å². The molecule has 1 N–H and O–H groups in total. The molecule has 1 aliphatic carbocycles. The number of alkyl halides is 3. The Labute approximate surface area is 179 Å². The maximum absolute atomic E-state index is 13.7. The highest BCUT2D eigenvalue weighted by Gasteiger charge is 2.40. The third-order valence-corrected chi connectivity index (χ3v) is 6.01. The van der Waals surface area contributed by atoms with E-state index in [0.717, 1.165) is 10.6 Å². The molecule has 4 rings (SSSR count). The van der Waals surface area contributed by atoms with Gasteiger partial charge in [-0.15, -0.1) is 0 Å². The number of hydrogen-bond acceptors (Lipinski definition) is 3. The molecule has 0 unspecified atom stereocenters. The van der Waals surface area contributed by atoms with Crippen LogP contribution in [0.25, 0.3) is 17.0 Å². The monoisotopic (exact) mass is 453 g/mol. The van der Waals surface area contributed by atoms with Crippen molar-refractivity contribution in [2.75, 3.05) is 0 Å². The highest BCUT2D eigenvalue weighted by molar-refractivity contribution is 6.30. The SMILES string of the molecule is Cn1c2c(cc(C(=O)O)c1=O)[C@@H](C(C)(C)C)Cc1c-2nc2c(C(F)(F)F)cc(Cl)cn12. The standard InChI is InChI=1S/C21H19ClF3N3O3/c1-20(2,3)12-7-14-15(16-10(12)6-11(19(30)31)18(29)27(16)4)26-17-13(21(23,24)25)5-9(22)8-28(14)17/h5-6,8,12H,7H2,1-4H3,(H,30,31)/t12-/m0/s1. The summed E-state index contributed by atoms with van der Waals surface area (Å²) in [5, 5.41) is 9.38. The Bertz CT molecular complexity index is 1320. The molecule has 3 aromatic rings. The molecule has 1 atom stereocenters. The highest BCUT2D eigenvalue weighted by Crippen LogP contribution is 2.48. The summed E-state index contributed by atoms with van der Waals surface area (Å²) in [5.74, 6) is -1.63. The summed E-state index contributed by atoms with van der Waals surface area (Å²) in [5.41, 5.74) is -1.19. The predicted octanol–water partition coefficient (Wildman–Crippen LogP) is 4.76. The second-order valence-corrected chi connectivity index (χ2v) is 9.26. The molecule has 0 aromatic carbocycles. The van der Waals surface area contributed by atoms with Crippen LogP contribution in [-0.4, -0.2) is 25.0 Å². The quantitative estimate of drug-likeness (QED) is 0.576. The number of fused-ring (bicyclic) bond motifs is 5. The van der Waals surface area contributed by atoms with E-state index in [1.807, 2.05) is 20.8 Å². The lowest BCUT2D eigenvalue weighted by molar-refractivity contribution is -0.136. The smallest absolute Gasteiger partial charge is 0.420 e. The van der Waals surface area contributed by atoms with Crippen LogP contribution in [0.15, 0.2) is 23.1 Å². The zero-order valence-electron chi connectivity index (χ0n) is 17.1. The fourth-order valence-corrected chi connectivity index (χ4v) is 4.51. The summed E-state index contributed by atoms with van der Waals surface area (Å²) < 4.78 is 43.5. The van der Waals surface area contributed by atoms with E-state index < -0.39 is 23.3 Å². The number of carboxylic acids is 1. The van der Waals surface area contributed by atoms with Gasteiger partial charge in [0.25, 0.3) is 5.56 Å². The Kier molecular flexibility index (Phi) is 4.56. The van der Waals surface area contributed by atoms with Crippen molar-refractivity contribution in [2.45, 2.75) is 39.3 Å². The van der Waals surface area contributed by atoms with Gasteiger partial charge in [-0.25, -0.2) is 9.78 Å². The maximum atomic E-state index is 13.7. The molecule has 31 heavy (non-hydrogen) atoms. The molecule has 3 heterocycles. The first kappa shape index (κ1) is 21.4. The van der Waals surface area contributed by atoms with Gasteiger partial charge in [0, 0.05) is 13.2 Å². The molecule has 3 aromatic heterocycles. The van der Waals surface area contributed by atoms with E-state index in [-0.39, 0.29) is 33.3 Å². The van der Waals surface area contributed by atoms with Crippen molar-refractivity contribution in [3.05, 3.63) is 56.1 Å². The lowest BCUT2D eigenvalue weighted by Gasteiger charge is -2.36. The number of pyridine rings is 2. The van der Waals surface area contributed by atoms with Crippen molar-refractivity contribution in [3.8, 4) is 11.4 Å². The van der Waals surface area contributed by atoms with Crippen LogP contribution in [0.2, 0.25) is 5.02 Å². The van der Waals surface area contributed by atoms with Gasteiger partial charge >= 0.3 is 12.1 Å². The fourth-order valence-electron chi connectivity index (χ4n) is 4.30. The van der Waals surface area contributed by atoms with Crippen LogP contribution in [-0.2, 0) is 19.6 Å². The molecule has 10 heteroatoms. The molecule has 0 saturated carbocycles. The Hall–Kier alpha value is -2.81. The van der Waals surface area contributed by atoms with E-state index in [1.54, 1.807) is 0 Å². The lowest BCUT2D eigenvalue weighted by Crippen LogP contribution is -2.32. The Morgan fingerprint density at radius 3 is 2.45 bits per heavy atom. The molecule has 0 saturated heterocycles. The van der Waals surface area contributed by atoms with E-state index in [2.05, 4.69) is 4.98 Å². The topological polar surface area (TPSA) is 76.6 Å². The number of nitrogens with zero attached hydrogens (tertiary/aromatic N) is 3. The Morgan fingerprint density at radius 1 is 1.26 bits per heavy atom. The van der Waals surface area contributed by atoms with Gasteiger partial charge < -0.3 is 14.1 Å². The van der Waals surface area contributed by atoms with Gasteiger partial charge in [-0.3, -0.25) is 4.79 Å². The number of carbonyl (C=O) groups is 1. The zero-order valence-corrected chi connectivity index (χ0v) is 17.9. The zero-order chi connectivity index (χ0) is 23.0. The molecule has 1 aliphatic rings. The third-order valence-electron chi connectivity index (χ3n) is 5.81. The number of aromatic carboxylic acids is 1. The predicted molar refractivity (Wildman–Crippen MR) is 109 cm³/mol. The van der Waals surface area contributed by atoms with E-state index >= 15 is 0 Å². The molecule has 0 fully saturated rings. The summed E-state index contributed by atoms with van der Waals surface area (Å²) in [6, 6.07) is 2.16. The van der Waals surface area contributed by atoms with Crippen LogP contribution in [0.5, 0.6) is 0 Å². The van der Waals surface area contributed by atoms with Crippen LogP contribution in [0.3, 0.4) is 0 Å². The van der Waals surface area contributed by atoms with E-state index in [1.165, 1.54) is 23.7 Å². The first-order valence-corrected chi connectivity index (χ1v) is 9.85. The van der Waals surface area contributed by atoms with Crippen LogP contribution < -0.4 is 5.56 Å². The first-order chi connectivity index (χ1) is 14.2. The molecule has 0 radical (unpaired) electrons. The summed E-state index contributed by atoms with van der Waals surface area (Å²) in [6.45, 7) is 5.86. The number of aromatic nitrogens is 3. The second kappa shape index (κ2) is 6.59. The largest absolute Gasteiger partial charge is 0.477 e. The van der Waals surface area contributed by atoms with Gasteiger partial charge in [0.1, 0.15) is 22.5 Å². The molecular formula is C21H19ClF3N3O3. The van der Waals surface area contributed by atoms with Gasteiger partial charge in [-0.1, -0.05) is 32.4 Å². The maximum Gasteiger partial charge on any atom is 0.420 e. The minimum Gasteiger partial charge on any atom is -0.477 e. The first-order valence-electron chi connectivity index (χ1n) is 9.47. The van der Waals surface area contributed by atoms with Gasteiger partial charge in [-0.2, -0.15) is 13.2 Å². The number of halogens is 4. The molecular weight excluding hydrogens is 435 g/mol. The minimum absolute atomic E-state index is 0.0896. The second-order valence-electron chi connectivity index (χ2n) is 8.82. The third kappa shape index (κ3) is 3.22.